The molecule has 1 N–H and O–H groups in total. The van der Waals surface area contributed by atoms with Gasteiger partial charge in [0.2, 0.25) is 0 Å². The Morgan fingerprint density at radius 3 is 2.43 bits per heavy atom. The van der Waals surface area contributed by atoms with Gasteiger partial charge in [0, 0.05) is 5.69 Å². The van der Waals surface area contributed by atoms with Crippen LogP contribution >= 0.6 is 11.6 Å². The summed E-state index contributed by atoms with van der Waals surface area (Å²) in [5, 5.41) is 11.8. The molecule has 0 unspecified atom stereocenters. The zero-order valence-corrected chi connectivity index (χ0v) is 14.0. The molecule has 2 aromatic carbocycles. The number of hydrogen-bond donors (Lipinski definition) is 1. The minimum atomic E-state index is -0.287. The van der Waals surface area contributed by atoms with Crippen molar-refractivity contribution in [2.75, 3.05) is 11.9 Å². The third-order valence-electron chi connectivity index (χ3n) is 3.33. The number of carbonyl (C=O) groups excluding carboxylic acids is 1. The minimum Gasteiger partial charge on any atom is -0.483 e. The lowest BCUT2D eigenvalue weighted by atomic mass is 10.1. The Hall–Kier alpha value is -2.51. The van der Waals surface area contributed by atoms with E-state index in [1.165, 1.54) is 0 Å². The summed E-state index contributed by atoms with van der Waals surface area (Å²) in [7, 11) is 0. The van der Waals surface area contributed by atoms with Gasteiger partial charge in [0.05, 0.1) is 10.6 Å². The number of rotatable bonds is 4. The maximum Gasteiger partial charge on any atom is 0.262 e. The minimum absolute atomic E-state index is 0.0949. The molecule has 0 fully saturated rings. The highest BCUT2D eigenvalue weighted by Gasteiger charge is 2.09. The highest BCUT2D eigenvalue weighted by molar-refractivity contribution is 6.32. The van der Waals surface area contributed by atoms with Crippen LogP contribution in [-0.2, 0) is 4.79 Å². The van der Waals surface area contributed by atoms with E-state index in [1.807, 2.05) is 39.0 Å². The van der Waals surface area contributed by atoms with Gasteiger partial charge < -0.3 is 10.1 Å². The molecule has 2 aromatic rings. The molecule has 0 heterocycles. The predicted molar refractivity (Wildman–Crippen MR) is 90.9 cm³/mol. The van der Waals surface area contributed by atoms with Crippen LogP contribution in [0.3, 0.4) is 0 Å². The molecule has 0 aliphatic heterocycles. The second-order valence-electron chi connectivity index (χ2n) is 5.37. The van der Waals surface area contributed by atoms with Gasteiger partial charge in [-0.1, -0.05) is 29.3 Å². The van der Waals surface area contributed by atoms with Crippen molar-refractivity contribution in [3.63, 3.8) is 0 Å². The van der Waals surface area contributed by atoms with E-state index in [2.05, 4.69) is 5.32 Å². The van der Waals surface area contributed by atoms with E-state index in [9.17, 15) is 4.79 Å². The third-order valence-corrected chi connectivity index (χ3v) is 3.64. The van der Waals surface area contributed by atoms with Crippen molar-refractivity contribution in [2.45, 2.75) is 20.8 Å². The van der Waals surface area contributed by atoms with Gasteiger partial charge in [0.15, 0.2) is 6.61 Å². The zero-order valence-electron chi connectivity index (χ0n) is 13.2. The summed E-state index contributed by atoms with van der Waals surface area (Å²) in [6.07, 6.45) is 0. The lowest BCUT2D eigenvalue weighted by Gasteiger charge is -2.13. The Kier molecular flexibility index (Phi) is 5.25. The van der Waals surface area contributed by atoms with E-state index in [-0.39, 0.29) is 12.5 Å². The van der Waals surface area contributed by atoms with Crippen LogP contribution < -0.4 is 10.1 Å². The second-order valence-corrected chi connectivity index (χ2v) is 5.78. The van der Waals surface area contributed by atoms with Crippen LogP contribution in [0.2, 0.25) is 5.02 Å². The molecule has 0 aliphatic carbocycles. The van der Waals surface area contributed by atoms with E-state index >= 15 is 0 Å². The van der Waals surface area contributed by atoms with Crippen LogP contribution in [0.25, 0.3) is 0 Å². The molecule has 0 aliphatic rings. The molecule has 0 radical (unpaired) electrons. The van der Waals surface area contributed by atoms with E-state index in [0.717, 1.165) is 22.4 Å². The van der Waals surface area contributed by atoms with E-state index in [1.54, 1.807) is 18.2 Å². The molecule has 4 nitrogen and oxygen atoms in total. The van der Waals surface area contributed by atoms with E-state index in [4.69, 9.17) is 21.6 Å². The monoisotopic (exact) mass is 328 g/mol. The van der Waals surface area contributed by atoms with Gasteiger partial charge in [-0.3, -0.25) is 4.79 Å². The smallest absolute Gasteiger partial charge is 0.262 e. The van der Waals surface area contributed by atoms with Crippen LogP contribution in [0.4, 0.5) is 5.69 Å². The van der Waals surface area contributed by atoms with Crippen molar-refractivity contribution in [3.05, 3.63) is 57.6 Å². The average Bonchev–Trinajstić information content (AvgIpc) is 2.46. The van der Waals surface area contributed by atoms with Gasteiger partial charge in [0.25, 0.3) is 5.91 Å². The van der Waals surface area contributed by atoms with Gasteiger partial charge >= 0.3 is 0 Å². The van der Waals surface area contributed by atoms with Crippen molar-refractivity contribution >= 4 is 23.2 Å². The van der Waals surface area contributed by atoms with E-state index < -0.39 is 0 Å². The lowest BCUT2D eigenvalue weighted by molar-refractivity contribution is -0.118. The SMILES string of the molecule is Cc1cc(C)c(OCC(=O)Nc2ccc(C#N)c(Cl)c2)c(C)c1. The Balaban J connectivity index is 2.01. The molecule has 0 atom stereocenters. The molecule has 0 spiro atoms. The molecular formula is C18H17ClN2O2. The number of hydrogen-bond acceptors (Lipinski definition) is 3. The Labute approximate surface area is 140 Å². The van der Waals surface area contributed by atoms with Crippen molar-refractivity contribution in [2.24, 2.45) is 0 Å². The number of nitrogens with one attached hydrogen (secondary N) is 1. The molecule has 2 rings (SSSR count). The summed E-state index contributed by atoms with van der Waals surface area (Å²) in [5.74, 6) is 0.439. The van der Waals surface area contributed by atoms with Gasteiger partial charge in [-0.2, -0.15) is 5.26 Å². The molecule has 5 heteroatoms. The summed E-state index contributed by atoms with van der Waals surface area (Å²) >= 11 is 5.94. The topological polar surface area (TPSA) is 62.1 Å². The van der Waals surface area contributed by atoms with Crippen LogP contribution in [-0.4, -0.2) is 12.5 Å². The first-order chi connectivity index (χ1) is 10.9. The molecule has 1 amide bonds. The fraction of sp³-hybridized carbons (Fsp3) is 0.222. The van der Waals surface area contributed by atoms with E-state index in [0.29, 0.717) is 16.3 Å². The van der Waals surface area contributed by atoms with Crippen LogP contribution in [0.5, 0.6) is 5.75 Å². The van der Waals surface area contributed by atoms with Crippen LogP contribution in [0, 0.1) is 32.1 Å². The van der Waals surface area contributed by atoms with Crippen LogP contribution in [0.1, 0.15) is 22.3 Å². The van der Waals surface area contributed by atoms with Gasteiger partial charge in [-0.25, -0.2) is 0 Å². The van der Waals surface area contributed by atoms with Crippen LogP contribution in [0.15, 0.2) is 30.3 Å². The van der Waals surface area contributed by atoms with Crippen molar-refractivity contribution in [1.29, 1.82) is 5.26 Å². The largest absolute Gasteiger partial charge is 0.483 e. The molecule has 118 valence electrons. The molecule has 0 bridgehead atoms. The first-order valence-electron chi connectivity index (χ1n) is 7.11. The Morgan fingerprint density at radius 1 is 1.22 bits per heavy atom. The lowest BCUT2D eigenvalue weighted by Crippen LogP contribution is -2.20. The summed E-state index contributed by atoms with van der Waals surface area (Å²) in [6, 6.07) is 10.7. The number of anilines is 1. The van der Waals surface area contributed by atoms with Gasteiger partial charge in [0.1, 0.15) is 11.8 Å². The first kappa shape index (κ1) is 16.9. The summed E-state index contributed by atoms with van der Waals surface area (Å²) in [5.41, 5.74) is 4.05. The molecular weight excluding hydrogens is 312 g/mol. The quantitative estimate of drug-likeness (QED) is 0.916. The molecule has 0 saturated heterocycles. The summed E-state index contributed by atoms with van der Waals surface area (Å²) in [4.78, 5) is 12.0. The van der Waals surface area contributed by atoms with Gasteiger partial charge in [-0.15, -0.1) is 0 Å². The number of ether oxygens (including phenoxy) is 1. The zero-order chi connectivity index (χ0) is 17.0. The molecule has 0 saturated carbocycles. The summed E-state index contributed by atoms with van der Waals surface area (Å²) < 4.78 is 5.63. The predicted octanol–water partition coefficient (Wildman–Crippen LogP) is 4.15. The summed E-state index contributed by atoms with van der Waals surface area (Å²) in [6.45, 7) is 5.83. The molecule has 23 heavy (non-hydrogen) atoms. The standard InChI is InChI=1S/C18H17ClN2O2/c1-11-6-12(2)18(13(3)7-11)23-10-17(22)21-15-5-4-14(9-20)16(19)8-15/h4-8H,10H2,1-3H3,(H,21,22). The number of amides is 1. The number of nitriles is 1. The number of carbonyl (C=O) groups is 1. The Morgan fingerprint density at radius 2 is 1.87 bits per heavy atom. The van der Waals surface area contributed by atoms with Crippen molar-refractivity contribution < 1.29 is 9.53 Å². The maximum absolute atomic E-state index is 12.0. The first-order valence-corrected chi connectivity index (χ1v) is 7.48. The average molecular weight is 329 g/mol. The second kappa shape index (κ2) is 7.17. The fourth-order valence-electron chi connectivity index (χ4n) is 2.41. The highest BCUT2D eigenvalue weighted by atomic mass is 35.5. The fourth-order valence-corrected chi connectivity index (χ4v) is 2.64. The molecule has 0 aromatic heterocycles. The highest BCUT2D eigenvalue weighted by Crippen LogP contribution is 2.24. The van der Waals surface area contributed by atoms with Crippen molar-refractivity contribution in [1.82, 2.24) is 0 Å². The van der Waals surface area contributed by atoms with Gasteiger partial charge in [-0.05, 0) is 50.1 Å². The normalized spacial score (nSPS) is 10.0. The number of benzene rings is 2. The third kappa shape index (κ3) is 4.24. The number of nitrogens with zero attached hydrogens (tertiary/aromatic N) is 1. The van der Waals surface area contributed by atoms with Crippen molar-refractivity contribution in [3.8, 4) is 11.8 Å². The number of halogens is 1. The maximum atomic E-state index is 12.0. The number of aryl methyl sites for hydroxylation is 3. The Bertz CT molecular complexity index is 771.